The van der Waals surface area contributed by atoms with E-state index in [9.17, 15) is 19.2 Å². The SMILES string of the molecule is CC(C)CC(=O)NCCN(CCNC(=O)CC(C)C)C(C)CN(CCNC(=O)CC(C)C)C(C)C(C)NC(=O)CC(C)C. The molecule has 0 aromatic carbocycles. The third-order valence-corrected chi connectivity index (χ3v) is 7.35. The molecule has 0 fully saturated rings. The van der Waals surface area contributed by atoms with Gasteiger partial charge in [-0.15, -0.1) is 0 Å². The normalized spacial score (nSPS) is 14.0. The van der Waals surface area contributed by atoms with E-state index < -0.39 is 0 Å². The maximum Gasteiger partial charge on any atom is 0.220 e. The quantitative estimate of drug-likeness (QED) is 0.141. The van der Waals surface area contributed by atoms with Gasteiger partial charge in [0.1, 0.15) is 0 Å². The molecule has 0 bridgehead atoms. The van der Waals surface area contributed by atoms with Crippen molar-refractivity contribution in [2.75, 3.05) is 45.8 Å². The summed E-state index contributed by atoms with van der Waals surface area (Å²) >= 11 is 0. The van der Waals surface area contributed by atoms with Crippen LogP contribution in [0.2, 0.25) is 0 Å². The zero-order valence-electron chi connectivity index (χ0n) is 29.3. The molecule has 0 rings (SSSR count). The molecule has 0 spiro atoms. The van der Waals surface area contributed by atoms with E-state index in [-0.39, 0.29) is 47.7 Å². The number of hydrogen-bond acceptors (Lipinski definition) is 6. The molecule has 0 saturated heterocycles. The number of amides is 4. The molecule has 3 atom stereocenters. The van der Waals surface area contributed by atoms with Gasteiger partial charge in [0.25, 0.3) is 0 Å². The van der Waals surface area contributed by atoms with E-state index in [1.165, 1.54) is 0 Å². The van der Waals surface area contributed by atoms with E-state index in [1.807, 2.05) is 62.3 Å². The van der Waals surface area contributed by atoms with Gasteiger partial charge in [0.2, 0.25) is 23.6 Å². The summed E-state index contributed by atoms with van der Waals surface area (Å²) in [5.74, 6) is 1.36. The Kier molecular flexibility index (Phi) is 21.2. The minimum atomic E-state index is -0.0797. The number of carbonyl (C=O) groups is 4. The summed E-state index contributed by atoms with van der Waals surface area (Å²) in [6.45, 7) is 26.8. The lowest BCUT2D eigenvalue weighted by molar-refractivity contribution is -0.123. The molecule has 10 nitrogen and oxygen atoms in total. The molecule has 3 unspecified atom stereocenters. The van der Waals surface area contributed by atoms with Crippen molar-refractivity contribution in [3.05, 3.63) is 0 Å². The number of nitrogens with one attached hydrogen (secondary N) is 4. The molecule has 4 N–H and O–H groups in total. The Hall–Kier alpha value is -2.20. The molecule has 252 valence electrons. The lowest BCUT2D eigenvalue weighted by atomic mass is 10.1. The summed E-state index contributed by atoms with van der Waals surface area (Å²) in [7, 11) is 0. The van der Waals surface area contributed by atoms with E-state index in [1.54, 1.807) is 0 Å². The average Bonchev–Trinajstić information content (AvgIpc) is 2.84. The molecule has 0 aromatic rings. The standard InChI is InChI=1S/C33H66N6O4/c1-23(2)18-30(40)34-12-15-38(16-13-35-31(41)19-24(3)4)27(9)22-39(17-14-36-32(42)20-25(5)6)29(11)28(10)37-33(43)21-26(7)8/h23-29H,12-22H2,1-11H3,(H,34,40)(H,35,41)(H,36,42)(H,37,43). The largest absolute Gasteiger partial charge is 0.355 e. The highest BCUT2D eigenvalue weighted by Crippen LogP contribution is 2.11. The van der Waals surface area contributed by atoms with E-state index in [2.05, 4.69) is 44.9 Å². The van der Waals surface area contributed by atoms with Crippen LogP contribution < -0.4 is 21.3 Å². The lowest BCUT2D eigenvalue weighted by Crippen LogP contribution is -2.55. The van der Waals surface area contributed by atoms with Gasteiger partial charge in [0.05, 0.1) is 0 Å². The van der Waals surface area contributed by atoms with Crippen molar-refractivity contribution in [3.63, 3.8) is 0 Å². The Labute approximate surface area is 263 Å². The fourth-order valence-electron chi connectivity index (χ4n) is 4.93. The summed E-state index contributed by atoms with van der Waals surface area (Å²) in [6, 6.07) is 0.0409. The summed E-state index contributed by atoms with van der Waals surface area (Å²) in [4.78, 5) is 54.1. The van der Waals surface area contributed by atoms with Gasteiger partial charge in [-0.2, -0.15) is 0 Å². The van der Waals surface area contributed by atoms with E-state index in [0.29, 0.717) is 89.3 Å². The number of hydrogen-bond donors (Lipinski definition) is 4. The molecule has 4 amide bonds. The Morgan fingerprint density at radius 2 is 0.814 bits per heavy atom. The van der Waals surface area contributed by atoms with Gasteiger partial charge < -0.3 is 21.3 Å². The van der Waals surface area contributed by atoms with Crippen LogP contribution in [-0.2, 0) is 19.2 Å². The molecule has 0 heterocycles. The van der Waals surface area contributed by atoms with Crippen LogP contribution in [0.1, 0.15) is 102 Å². The average molecular weight is 611 g/mol. The zero-order valence-corrected chi connectivity index (χ0v) is 29.3. The molecule has 0 saturated carbocycles. The lowest BCUT2D eigenvalue weighted by Gasteiger charge is -2.38. The van der Waals surface area contributed by atoms with Crippen molar-refractivity contribution >= 4 is 23.6 Å². The Morgan fingerprint density at radius 1 is 0.488 bits per heavy atom. The molecule has 0 aliphatic carbocycles. The first-order valence-corrected chi connectivity index (χ1v) is 16.6. The van der Waals surface area contributed by atoms with Gasteiger partial charge in [-0.3, -0.25) is 29.0 Å². The summed E-state index contributed by atoms with van der Waals surface area (Å²) in [5.41, 5.74) is 0. The fraction of sp³-hybridized carbons (Fsp3) is 0.879. The van der Waals surface area contributed by atoms with Gasteiger partial charge in [-0.1, -0.05) is 55.4 Å². The summed E-state index contributed by atoms with van der Waals surface area (Å²) in [5, 5.41) is 12.3. The van der Waals surface area contributed by atoms with Crippen LogP contribution >= 0.6 is 0 Å². The second kappa shape index (κ2) is 22.3. The topological polar surface area (TPSA) is 123 Å². The number of carbonyl (C=O) groups excluding carboxylic acids is 4. The fourth-order valence-corrected chi connectivity index (χ4v) is 4.93. The molecule has 0 aromatic heterocycles. The second-order valence-electron chi connectivity index (χ2n) is 13.9. The predicted molar refractivity (Wildman–Crippen MR) is 177 cm³/mol. The van der Waals surface area contributed by atoms with Crippen molar-refractivity contribution < 1.29 is 19.2 Å². The van der Waals surface area contributed by atoms with Crippen LogP contribution in [0.3, 0.4) is 0 Å². The van der Waals surface area contributed by atoms with E-state index >= 15 is 0 Å². The van der Waals surface area contributed by atoms with Crippen LogP contribution in [0.15, 0.2) is 0 Å². The third-order valence-electron chi connectivity index (χ3n) is 7.35. The first-order valence-electron chi connectivity index (χ1n) is 16.6. The van der Waals surface area contributed by atoms with E-state index in [4.69, 9.17) is 0 Å². The Morgan fingerprint density at radius 3 is 1.16 bits per heavy atom. The van der Waals surface area contributed by atoms with Crippen molar-refractivity contribution in [2.24, 2.45) is 23.7 Å². The molecular formula is C33H66N6O4. The highest BCUT2D eigenvalue weighted by molar-refractivity contribution is 5.77. The predicted octanol–water partition coefficient (Wildman–Crippen LogP) is 3.41. The van der Waals surface area contributed by atoms with Gasteiger partial charge in [0.15, 0.2) is 0 Å². The second-order valence-corrected chi connectivity index (χ2v) is 13.9. The van der Waals surface area contributed by atoms with E-state index in [0.717, 1.165) is 0 Å². The minimum Gasteiger partial charge on any atom is -0.355 e. The highest BCUT2D eigenvalue weighted by Gasteiger charge is 2.26. The van der Waals surface area contributed by atoms with Crippen molar-refractivity contribution in [3.8, 4) is 0 Å². The zero-order chi connectivity index (χ0) is 33.1. The molecule has 10 heteroatoms. The van der Waals surface area contributed by atoms with Crippen LogP contribution in [0.25, 0.3) is 0 Å². The molecule has 0 aliphatic heterocycles. The summed E-state index contributed by atoms with van der Waals surface area (Å²) in [6.07, 6.45) is 1.97. The summed E-state index contributed by atoms with van der Waals surface area (Å²) < 4.78 is 0. The van der Waals surface area contributed by atoms with Crippen molar-refractivity contribution in [2.45, 2.75) is 120 Å². The monoisotopic (exact) mass is 611 g/mol. The third kappa shape index (κ3) is 21.2. The first-order chi connectivity index (χ1) is 20.0. The van der Waals surface area contributed by atoms with Crippen LogP contribution in [0, 0.1) is 23.7 Å². The van der Waals surface area contributed by atoms with Crippen LogP contribution in [0.5, 0.6) is 0 Å². The van der Waals surface area contributed by atoms with Crippen molar-refractivity contribution in [1.29, 1.82) is 0 Å². The smallest absolute Gasteiger partial charge is 0.220 e. The molecule has 0 aliphatic rings. The molecule has 43 heavy (non-hydrogen) atoms. The maximum absolute atomic E-state index is 12.5. The van der Waals surface area contributed by atoms with Gasteiger partial charge in [-0.05, 0) is 44.4 Å². The first kappa shape index (κ1) is 40.8. The Bertz CT molecular complexity index is 789. The van der Waals surface area contributed by atoms with Crippen LogP contribution in [-0.4, -0.2) is 97.4 Å². The Balaban J connectivity index is 5.62. The van der Waals surface area contributed by atoms with Crippen LogP contribution in [0.4, 0.5) is 0 Å². The number of nitrogens with zero attached hydrogens (tertiary/aromatic N) is 2. The molecule has 0 radical (unpaired) electrons. The highest BCUT2D eigenvalue weighted by atomic mass is 16.2. The maximum atomic E-state index is 12.5. The minimum absolute atomic E-state index is 0.0268. The number of rotatable bonds is 23. The molecular weight excluding hydrogens is 544 g/mol. The van der Waals surface area contributed by atoms with Gasteiger partial charge in [-0.25, -0.2) is 0 Å². The van der Waals surface area contributed by atoms with Gasteiger partial charge >= 0.3 is 0 Å². The van der Waals surface area contributed by atoms with Crippen molar-refractivity contribution in [1.82, 2.24) is 31.1 Å². The van der Waals surface area contributed by atoms with Gasteiger partial charge in [0, 0.05) is 89.6 Å².